The van der Waals surface area contributed by atoms with Crippen LogP contribution in [0.1, 0.15) is 28.9 Å². The van der Waals surface area contributed by atoms with E-state index in [4.69, 9.17) is 10.3 Å². The first kappa shape index (κ1) is 14.0. The second kappa shape index (κ2) is 6.16. The van der Waals surface area contributed by atoms with Crippen LogP contribution in [0.4, 0.5) is 10.1 Å². The number of hydrogen-bond acceptors (Lipinski definition) is 5. The maximum absolute atomic E-state index is 13.5. The first-order chi connectivity index (χ1) is 9.65. The topological polar surface area (TPSA) is 93.2 Å². The van der Waals surface area contributed by atoms with Crippen LogP contribution in [0.3, 0.4) is 0 Å². The number of hydrazine groups is 1. The first-order valence-electron chi connectivity index (χ1n) is 6.12. The molecule has 0 aliphatic rings. The third-order valence-electron chi connectivity index (χ3n) is 2.75. The second-order valence-corrected chi connectivity index (χ2v) is 4.06. The molecule has 0 unspecified atom stereocenters. The summed E-state index contributed by atoms with van der Waals surface area (Å²) in [5.74, 6) is 5.30. The van der Waals surface area contributed by atoms with Gasteiger partial charge in [-0.1, -0.05) is 13.0 Å². The molecular formula is C13H15FN4O2. The molecule has 1 heterocycles. The number of aromatic nitrogens is 1. The minimum absolute atomic E-state index is 0.0494. The quantitative estimate of drug-likeness (QED) is 0.570. The van der Waals surface area contributed by atoms with Gasteiger partial charge in [0.15, 0.2) is 0 Å². The van der Waals surface area contributed by atoms with E-state index in [1.54, 1.807) is 6.20 Å². The Morgan fingerprint density at radius 3 is 2.95 bits per heavy atom. The van der Waals surface area contributed by atoms with Gasteiger partial charge in [0.05, 0.1) is 24.0 Å². The summed E-state index contributed by atoms with van der Waals surface area (Å²) in [6.07, 6.45) is 2.34. The standard InChI is InChI=1S/C13H15FN4O2/c1-2-8-6-16-11(20-8)7-17-13(19)9-4-3-5-10(14)12(9)18-15/h3-6,18H,2,7,15H2,1H3,(H,17,19). The van der Waals surface area contributed by atoms with Gasteiger partial charge in [0, 0.05) is 6.42 Å². The Morgan fingerprint density at radius 2 is 2.30 bits per heavy atom. The molecule has 106 valence electrons. The number of nitrogens with two attached hydrogens (primary N) is 1. The van der Waals surface area contributed by atoms with E-state index in [9.17, 15) is 9.18 Å². The molecule has 7 heteroatoms. The van der Waals surface area contributed by atoms with E-state index in [1.165, 1.54) is 18.2 Å². The average Bonchev–Trinajstić information content (AvgIpc) is 2.92. The van der Waals surface area contributed by atoms with Gasteiger partial charge >= 0.3 is 0 Å². The van der Waals surface area contributed by atoms with Gasteiger partial charge in [0.2, 0.25) is 5.89 Å². The maximum atomic E-state index is 13.5. The average molecular weight is 278 g/mol. The molecule has 0 aliphatic heterocycles. The van der Waals surface area contributed by atoms with Crippen molar-refractivity contribution in [3.8, 4) is 0 Å². The summed E-state index contributed by atoms with van der Waals surface area (Å²) in [5.41, 5.74) is 2.25. The Bertz CT molecular complexity index is 612. The van der Waals surface area contributed by atoms with Crippen molar-refractivity contribution < 1.29 is 13.6 Å². The maximum Gasteiger partial charge on any atom is 0.253 e. The zero-order chi connectivity index (χ0) is 14.5. The van der Waals surface area contributed by atoms with Crippen molar-refractivity contribution in [3.05, 3.63) is 47.4 Å². The molecule has 2 aromatic rings. The molecular weight excluding hydrogens is 263 g/mol. The Labute approximate surface area is 115 Å². The Balaban J connectivity index is 2.07. The monoisotopic (exact) mass is 278 g/mol. The minimum Gasteiger partial charge on any atom is -0.444 e. The van der Waals surface area contributed by atoms with Crippen LogP contribution in [0.15, 0.2) is 28.8 Å². The van der Waals surface area contributed by atoms with E-state index in [-0.39, 0.29) is 17.8 Å². The van der Waals surface area contributed by atoms with Crippen molar-refractivity contribution in [1.29, 1.82) is 0 Å². The molecule has 20 heavy (non-hydrogen) atoms. The fraction of sp³-hybridized carbons (Fsp3) is 0.231. The summed E-state index contributed by atoms with van der Waals surface area (Å²) in [6.45, 7) is 2.06. The molecule has 2 rings (SSSR count). The van der Waals surface area contributed by atoms with Gasteiger partial charge in [0.1, 0.15) is 11.6 Å². The predicted molar refractivity (Wildman–Crippen MR) is 71.3 cm³/mol. The molecule has 0 saturated carbocycles. The van der Waals surface area contributed by atoms with Gasteiger partial charge < -0.3 is 15.2 Å². The Kier molecular flexibility index (Phi) is 4.31. The van der Waals surface area contributed by atoms with E-state index in [2.05, 4.69) is 15.7 Å². The molecule has 0 spiro atoms. The van der Waals surface area contributed by atoms with Crippen molar-refractivity contribution in [3.63, 3.8) is 0 Å². The van der Waals surface area contributed by atoms with E-state index >= 15 is 0 Å². The van der Waals surface area contributed by atoms with Gasteiger partial charge in [-0.05, 0) is 12.1 Å². The Hall–Kier alpha value is -2.41. The van der Waals surface area contributed by atoms with Crippen molar-refractivity contribution >= 4 is 11.6 Å². The second-order valence-electron chi connectivity index (χ2n) is 4.06. The smallest absolute Gasteiger partial charge is 0.253 e. The fourth-order valence-corrected chi connectivity index (χ4v) is 1.70. The third-order valence-corrected chi connectivity index (χ3v) is 2.75. The molecule has 0 radical (unpaired) electrons. The van der Waals surface area contributed by atoms with E-state index in [0.29, 0.717) is 5.89 Å². The van der Waals surface area contributed by atoms with Crippen LogP contribution < -0.4 is 16.6 Å². The summed E-state index contributed by atoms with van der Waals surface area (Å²) in [7, 11) is 0. The number of para-hydroxylation sites is 1. The number of nitrogens with one attached hydrogen (secondary N) is 2. The number of halogens is 1. The molecule has 1 amide bonds. The first-order valence-corrected chi connectivity index (χ1v) is 6.12. The molecule has 1 aromatic heterocycles. The SMILES string of the molecule is CCc1cnc(CNC(=O)c2cccc(F)c2NN)o1. The molecule has 0 aliphatic carbocycles. The van der Waals surface area contributed by atoms with Crippen LogP contribution in [0.25, 0.3) is 0 Å². The summed E-state index contributed by atoms with van der Waals surface area (Å²) in [6, 6.07) is 4.12. The lowest BCUT2D eigenvalue weighted by atomic mass is 10.1. The largest absolute Gasteiger partial charge is 0.444 e. The molecule has 6 nitrogen and oxygen atoms in total. The number of carbonyl (C=O) groups is 1. The van der Waals surface area contributed by atoms with Crippen molar-refractivity contribution in [2.24, 2.45) is 5.84 Å². The van der Waals surface area contributed by atoms with Crippen LogP contribution in [0.2, 0.25) is 0 Å². The highest BCUT2D eigenvalue weighted by Gasteiger charge is 2.14. The zero-order valence-corrected chi connectivity index (χ0v) is 10.9. The minimum atomic E-state index is -0.593. The van der Waals surface area contributed by atoms with E-state index < -0.39 is 11.7 Å². The van der Waals surface area contributed by atoms with E-state index in [1.807, 2.05) is 6.92 Å². The molecule has 0 fully saturated rings. The summed E-state index contributed by atoms with van der Waals surface area (Å²) >= 11 is 0. The van der Waals surface area contributed by atoms with Crippen LogP contribution in [0.5, 0.6) is 0 Å². The van der Waals surface area contributed by atoms with Gasteiger partial charge in [-0.3, -0.25) is 10.6 Å². The summed E-state index contributed by atoms with van der Waals surface area (Å²) in [4.78, 5) is 16.0. The number of amides is 1. The van der Waals surface area contributed by atoms with Crippen molar-refractivity contribution in [2.75, 3.05) is 5.43 Å². The number of oxazole rings is 1. The Morgan fingerprint density at radius 1 is 1.50 bits per heavy atom. The molecule has 0 bridgehead atoms. The van der Waals surface area contributed by atoms with E-state index in [0.717, 1.165) is 12.2 Å². The van der Waals surface area contributed by atoms with Gasteiger partial charge in [-0.2, -0.15) is 0 Å². The van der Waals surface area contributed by atoms with Crippen molar-refractivity contribution in [2.45, 2.75) is 19.9 Å². The number of nitrogen functional groups attached to an aromatic ring is 1. The van der Waals surface area contributed by atoms with Crippen LogP contribution >= 0.6 is 0 Å². The van der Waals surface area contributed by atoms with Gasteiger partial charge in [0.25, 0.3) is 5.91 Å². The fourth-order valence-electron chi connectivity index (χ4n) is 1.70. The summed E-state index contributed by atoms with van der Waals surface area (Å²) in [5, 5.41) is 2.60. The molecule has 0 atom stereocenters. The highest BCUT2D eigenvalue weighted by Crippen LogP contribution is 2.18. The number of nitrogens with zero attached hydrogens (tertiary/aromatic N) is 1. The number of hydrogen-bond donors (Lipinski definition) is 3. The molecule has 4 N–H and O–H groups in total. The molecule has 1 aromatic carbocycles. The number of aryl methyl sites for hydroxylation is 1. The lowest BCUT2D eigenvalue weighted by molar-refractivity contribution is 0.0947. The highest BCUT2D eigenvalue weighted by molar-refractivity contribution is 5.99. The normalized spacial score (nSPS) is 10.3. The van der Waals surface area contributed by atoms with Crippen molar-refractivity contribution in [1.82, 2.24) is 10.3 Å². The van der Waals surface area contributed by atoms with Crippen LogP contribution in [0, 0.1) is 5.82 Å². The van der Waals surface area contributed by atoms with Crippen LogP contribution in [-0.4, -0.2) is 10.9 Å². The number of rotatable bonds is 5. The van der Waals surface area contributed by atoms with Gasteiger partial charge in [-0.15, -0.1) is 0 Å². The van der Waals surface area contributed by atoms with Gasteiger partial charge in [-0.25, -0.2) is 9.37 Å². The highest BCUT2D eigenvalue weighted by atomic mass is 19.1. The zero-order valence-electron chi connectivity index (χ0n) is 10.9. The lowest BCUT2D eigenvalue weighted by Gasteiger charge is -2.09. The number of carbonyl (C=O) groups excluding carboxylic acids is 1. The summed E-state index contributed by atoms with van der Waals surface area (Å²) < 4.78 is 18.8. The predicted octanol–water partition coefficient (Wildman–Crippen LogP) is 1.59. The third kappa shape index (κ3) is 2.94. The molecule has 0 saturated heterocycles. The lowest BCUT2D eigenvalue weighted by Crippen LogP contribution is -2.25. The number of anilines is 1. The number of benzene rings is 1. The van der Waals surface area contributed by atoms with Crippen LogP contribution in [-0.2, 0) is 13.0 Å².